The van der Waals surface area contributed by atoms with Crippen molar-refractivity contribution in [2.45, 2.75) is 26.8 Å². The van der Waals surface area contributed by atoms with Crippen LogP contribution >= 0.6 is 11.3 Å². The predicted molar refractivity (Wildman–Crippen MR) is 68.9 cm³/mol. The first kappa shape index (κ1) is 12.5. The highest BCUT2D eigenvalue weighted by Gasteiger charge is 2.29. The molecular formula is C12H19N3OS. The molecule has 1 aliphatic heterocycles. The Labute approximate surface area is 106 Å². The third kappa shape index (κ3) is 2.84. The minimum absolute atomic E-state index is 0.00272. The lowest BCUT2D eigenvalue weighted by Gasteiger charge is -2.32. The molecule has 0 aliphatic carbocycles. The number of thiazole rings is 1. The third-order valence-corrected chi connectivity index (χ3v) is 4.16. The monoisotopic (exact) mass is 253 g/mol. The minimum Gasteiger partial charge on any atom is -0.348 e. The summed E-state index contributed by atoms with van der Waals surface area (Å²) in [5.74, 6) is 0.701. The van der Waals surface area contributed by atoms with Gasteiger partial charge in [-0.3, -0.25) is 4.79 Å². The Morgan fingerprint density at radius 3 is 2.76 bits per heavy atom. The van der Waals surface area contributed by atoms with Gasteiger partial charge in [0, 0.05) is 11.3 Å². The molecule has 2 unspecified atom stereocenters. The van der Waals surface area contributed by atoms with Crippen LogP contribution in [0.3, 0.4) is 0 Å². The zero-order valence-corrected chi connectivity index (χ0v) is 11.3. The highest BCUT2D eigenvalue weighted by atomic mass is 32.1. The number of nitrogens with zero attached hydrogens (tertiary/aromatic N) is 1. The van der Waals surface area contributed by atoms with Crippen molar-refractivity contribution >= 4 is 17.2 Å². The van der Waals surface area contributed by atoms with Crippen LogP contribution in [0.2, 0.25) is 0 Å². The molecule has 2 rings (SSSR count). The predicted octanol–water partition coefficient (Wildman–Crippen LogP) is 1.48. The average Bonchev–Trinajstić information content (AvgIpc) is 2.62. The number of aryl methyl sites for hydroxylation is 1. The number of rotatable bonds is 4. The lowest BCUT2D eigenvalue weighted by Crippen LogP contribution is -2.49. The van der Waals surface area contributed by atoms with E-state index in [9.17, 15) is 4.79 Å². The summed E-state index contributed by atoms with van der Waals surface area (Å²) in [4.78, 5) is 16.4. The second kappa shape index (κ2) is 5.14. The minimum atomic E-state index is 0.00272. The maximum atomic E-state index is 12.0. The molecule has 94 valence electrons. The van der Waals surface area contributed by atoms with Gasteiger partial charge < -0.3 is 10.6 Å². The van der Waals surface area contributed by atoms with E-state index in [1.165, 1.54) is 0 Å². The molecule has 1 fully saturated rings. The van der Waals surface area contributed by atoms with Gasteiger partial charge in [-0.25, -0.2) is 4.98 Å². The molecule has 0 aromatic carbocycles. The number of nitrogens with one attached hydrogen (secondary N) is 2. The number of hydrogen-bond donors (Lipinski definition) is 2. The fraction of sp³-hybridized carbons (Fsp3) is 0.667. The van der Waals surface area contributed by atoms with Crippen molar-refractivity contribution in [1.29, 1.82) is 0 Å². The normalized spacial score (nSPS) is 19.5. The number of aromatic nitrogens is 1. The van der Waals surface area contributed by atoms with Crippen LogP contribution in [0.25, 0.3) is 0 Å². The molecule has 0 radical (unpaired) electrons. The van der Waals surface area contributed by atoms with Gasteiger partial charge in [-0.15, -0.1) is 11.3 Å². The summed E-state index contributed by atoms with van der Waals surface area (Å²) in [6.45, 7) is 7.88. The van der Waals surface area contributed by atoms with Gasteiger partial charge in [0.05, 0.1) is 16.7 Å². The molecule has 4 nitrogen and oxygen atoms in total. The molecule has 0 bridgehead atoms. The van der Waals surface area contributed by atoms with Gasteiger partial charge in [0.25, 0.3) is 0 Å². The van der Waals surface area contributed by atoms with Crippen molar-refractivity contribution in [2.24, 2.45) is 11.8 Å². The number of carbonyl (C=O) groups excluding carboxylic acids is 1. The zero-order chi connectivity index (χ0) is 12.4. The van der Waals surface area contributed by atoms with E-state index >= 15 is 0 Å². The van der Waals surface area contributed by atoms with Crippen LogP contribution in [0.1, 0.15) is 30.6 Å². The van der Waals surface area contributed by atoms with Crippen LogP contribution in [0.4, 0.5) is 0 Å². The summed E-state index contributed by atoms with van der Waals surface area (Å²) in [6.07, 6.45) is 0. The quantitative estimate of drug-likeness (QED) is 0.854. The molecule has 1 aromatic heterocycles. The van der Waals surface area contributed by atoms with Gasteiger partial charge in [0.2, 0.25) is 5.91 Å². The summed E-state index contributed by atoms with van der Waals surface area (Å²) in [6, 6.07) is 0.00272. The SMILES string of the molecule is Cc1nc(C(C)NC(=O)C(C)C2CNC2)cs1. The summed E-state index contributed by atoms with van der Waals surface area (Å²) < 4.78 is 0. The fourth-order valence-electron chi connectivity index (χ4n) is 1.88. The van der Waals surface area contributed by atoms with E-state index in [1.807, 2.05) is 26.2 Å². The lowest BCUT2D eigenvalue weighted by atomic mass is 9.88. The molecule has 0 spiro atoms. The standard InChI is InChI=1S/C12H19N3OS/c1-7(10-4-13-5-10)12(16)14-8(2)11-6-17-9(3)15-11/h6-8,10,13H,4-5H2,1-3H3,(H,14,16). The highest BCUT2D eigenvalue weighted by Crippen LogP contribution is 2.19. The average molecular weight is 253 g/mol. The van der Waals surface area contributed by atoms with Crippen molar-refractivity contribution in [3.63, 3.8) is 0 Å². The number of hydrogen-bond acceptors (Lipinski definition) is 4. The van der Waals surface area contributed by atoms with E-state index in [0.29, 0.717) is 5.92 Å². The van der Waals surface area contributed by atoms with E-state index in [2.05, 4.69) is 15.6 Å². The summed E-state index contributed by atoms with van der Waals surface area (Å²) >= 11 is 1.62. The summed E-state index contributed by atoms with van der Waals surface area (Å²) in [7, 11) is 0. The van der Waals surface area contributed by atoms with Crippen molar-refractivity contribution in [3.8, 4) is 0 Å². The van der Waals surface area contributed by atoms with Gasteiger partial charge in [0.15, 0.2) is 0 Å². The van der Waals surface area contributed by atoms with Gasteiger partial charge in [-0.05, 0) is 32.9 Å². The Morgan fingerprint density at radius 1 is 1.59 bits per heavy atom. The van der Waals surface area contributed by atoms with Crippen LogP contribution in [0.15, 0.2) is 5.38 Å². The van der Waals surface area contributed by atoms with Crippen LogP contribution in [0, 0.1) is 18.8 Å². The molecule has 2 atom stereocenters. The molecule has 2 heterocycles. The van der Waals surface area contributed by atoms with Crippen molar-refractivity contribution < 1.29 is 4.79 Å². The van der Waals surface area contributed by atoms with Crippen LogP contribution < -0.4 is 10.6 Å². The van der Waals surface area contributed by atoms with E-state index in [-0.39, 0.29) is 17.9 Å². The van der Waals surface area contributed by atoms with E-state index in [4.69, 9.17) is 0 Å². The van der Waals surface area contributed by atoms with Gasteiger partial charge in [0.1, 0.15) is 0 Å². The first-order valence-electron chi connectivity index (χ1n) is 6.01. The zero-order valence-electron chi connectivity index (χ0n) is 10.5. The second-order valence-electron chi connectivity index (χ2n) is 4.73. The van der Waals surface area contributed by atoms with Crippen LogP contribution in [-0.4, -0.2) is 24.0 Å². The highest BCUT2D eigenvalue weighted by molar-refractivity contribution is 7.09. The maximum Gasteiger partial charge on any atom is 0.223 e. The molecule has 1 aliphatic rings. The third-order valence-electron chi connectivity index (χ3n) is 3.37. The number of carbonyl (C=O) groups is 1. The largest absolute Gasteiger partial charge is 0.348 e. The van der Waals surface area contributed by atoms with Crippen molar-refractivity contribution in [1.82, 2.24) is 15.6 Å². The topological polar surface area (TPSA) is 54.0 Å². The first-order valence-corrected chi connectivity index (χ1v) is 6.89. The fourth-order valence-corrected chi connectivity index (χ4v) is 2.58. The van der Waals surface area contributed by atoms with Crippen molar-refractivity contribution in [2.75, 3.05) is 13.1 Å². The smallest absolute Gasteiger partial charge is 0.223 e. The van der Waals surface area contributed by atoms with E-state index < -0.39 is 0 Å². The molecule has 5 heteroatoms. The Balaban J connectivity index is 1.89. The van der Waals surface area contributed by atoms with Gasteiger partial charge in [-0.1, -0.05) is 6.92 Å². The molecule has 1 amide bonds. The second-order valence-corrected chi connectivity index (χ2v) is 5.79. The summed E-state index contributed by atoms with van der Waals surface area (Å²) in [5, 5.41) is 9.28. The Hall–Kier alpha value is -0.940. The molecule has 17 heavy (non-hydrogen) atoms. The summed E-state index contributed by atoms with van der Waals surface area (Å²) in [5.41, 5.74) is 0.958. The molecule has 1 saturated heterocycles. The number of amides is 1. The lowest BCUT2D eigenvalue weighted by molar-refractivity contribution is -0.127. The molecule has 1 aromatic rings. The van der Waals surface area contributed by atoms with E-state index in [1.54, 1.807) is 11.3 Å². The Morgan fingerprint density at radius 2 is 2.29 bits per heavy atom. The van der Waals surface area contributed by atoms with Crippen LogP contribution in [-0.2, 0) is 4.79 Å². The molecular weight excluding hydrogens is 234 g/mol. The van der Waals surface area contributed by atoms with Gasteiger partial charge in [-0.2, -0.15) is 0 Å². The van der Waals surface area contributed by atoms with Crippen LogP contribution in [0.5, 0.6) is 0 Å². The maximum absolute atomic E-state index is 12.0. The van der Waals surface area contributed by atoms with E-state index in [0.717, 1.165) is 23.8 Å². The van der Waals surface area contributed by atoms with Gasteiger partial charge >= 0.3 is 0 Å². The Kier molecular flexibility index (Phi) is 3.79. The van der Waals surface area contributed by atoms with Crippen molar-refractivity contribution in [3.05, 3.63) is 16.1 Å². The molecule has 0 saturated carbocycles. The molecule has 2 N–H and O–H groups in total. The first-order chi connectivity index (χ1) is 8.08. The Bertz CT molecular complexity index is 400.